The molecule has 0 saturated heterocycles. The molecule has 0 aliphatic heterocycles. The van der Waals surface area contributed by atoms with Gasteiger partial charge in [-0.25, -0.2) is 4.99 Å². The van der Waals surface area contributed by atoms with Gasteiger partial charge in [-0.3, -0.25) is 4.48 Å². The minimum Gasteiger partial charge on any atom is -0.324 e. The van der Waals surface area contributed by atoms with Gasteiger partial charge in [0.2, 0.25) is 0 Å². The zero-order valence-corrected chi connectivity index (χ0v) is 17.5. The highest BCUT2D eigenvalue weighted by Crippen LogP contribution is 2.16. The molecule has 1 N–H and O–H groups in total. The van der Waals surface area contributed by atoms with Crippen molar-refractivity contribution in [2.24, 2.45) is 4.99 Å². The van der Waals surface area contributed by atoms with Crippen LogP contribution in [0.25, 0.3) is 0 Å². The lowest BCUT2D eigenvalue weighted by Gasteiger charge is -2.39. The van der Waals surface area contributed by atoms with E-state index in [0.717, 1.165) is 17.6 Å². The van der Waals surface area contributed by atoms with Gasteiger partial charge in [-0.15, -0.1) is 0 Å². The molecule has 0 aromatic heterocycles. The first-order valence-electron chi connectivity index (χ1n) is 10.9. The van der Waals surface area contributed by atoms with E-state index in [1.807, 2.05) is 0 Å². The normalized spacial score (nSPS) is 12.6. The monoisotopic (exact) mass is 340 g/mol. The molecule has 0 unspecified atom stereocenters. The summed E-state index contributed by atoms with van der Waals surface area (Å²) in [6.45, 7) is 17.3. The molecule has 0 heterocycles. The molecular formula is C21H46N3+. The van der Waals surface area contributed by atoms with Crippen LogP contribution in [0, 0.1) is 0 Å². The predicted octanol–water partition coefficient (Wildman–Crippen LogP) is 5.75. The number of guanidine groups is 1. The molecule has 3 nitrogen and oxygen atoms in total. The summed E-state index contributed by atoms with van der Waals surface area (Å²) in [4.78, 5) is 5.09. The minimum atomic E-state index is 0.981. The van der Waals surface area contributed by atoms with Crippen LogP contribution in [0.3, 0.4) is 0 Å². The lowest BCUT2D eigenvalue weighted by molar-refractivity contribution is -0.845. The second-order valence-electron chi connectivity index (χ2n) is 7.22. The molecule has 0 rings (SSSR count). The van der Waals surface area contributed by atoms with Gasteiger partial charge in [0.15, 0.2) is 0 Å². The summed E-state index contributed by atoms with van der Waals surface area (Å²) in [7, 11) is 0. The van der Waals surface area contributed by atoms with Gasteiger partial charge in [0.1, 0.15) is 0 Å². The van der Waals surface area contributed by atoms with E-state index < -0.39 is 0 Å². The van der Waals surface area contributed by atoms with Crippen molar-refractivity contribution in [1.29, 1.82) is 0 Å². The van der Waals surface area contributed by atoms with Crippen LogP contribution < -0.4 is 5.32 Å². The Balaban J connectivity index is 5.36. The number of quaternary nitrogens is 1. The molecular weight excluding hydrogens is 294 g/mol. The fourth-order valence-electron chi connectivity index (χ4n) is 3.13. The predicted molar refractivity (Wildman–Crippen MR) is 110 cm³/mol. The molecule has 0 radical (unpaired) electrons. The third-order valence-electron chi connectivity index (χ3n) is 4.86. The van der Waals surface area contributed by atoms with Crippen LogP contribution >= 0.6 is 0 Å². The lowest BCUT2D eigenvalue weighted by atomic mass is 10.1. The Kier molecular flexibility index (Phi) is 15.6. The summed E-state index contributed by atoms with van der Waals surface area (Å²) in [5.41, 5.74) is 0. The topological polar surface area (TPSA) is 24.4 Å². The van der Waals surface area contributed by atoms with Gasteiger partial charge in [0, 0.05) is 13.1 Å². The van der Waals surface area contributed by atoms with Crippen molar-refractivity contribution in [3.05, 3.63) is 0 Å². The SMILES string of the molecule is CCCCN=C(NCCCC)[N+](CCCC)(CCCC)CCCC. The Morgan fingerprint density at radius 1 is 0.667 bits per heavy atom. The molecule has 0 bridgehead atoms. The number of hydrogen-bond donors (Lipinski definition) is 1. The number of nitrogens with one attached hydrogen (secondary N) is 1. The summed E-state index contributed by atoms with van der Waals surface area (Å²) < 4.78 is 1.10. The number of aliphatic imine (C=N–C) groups is 1. The first-order chi connectivity index (χ1) is 11.7. The van der Waals surface area contributed by atoms with Crippen LogP contribution in [0.5, 0.6) is 0 Å². The molecule has 0 aromatic rings. The van der Waals surface area contributed by atoms with Crippen molar-refractivity contribution in [3.63, 3.8) is 0 Å². The zero-order valence-electron chi connectivity index (χ0n) is 17.5. The van der Waals surface area contributed by atoms with Gasteiger partial charge < -0.3 is 5.32 Å². The quantitative estimate of drug-likeness (QED) is 0.174. The van der Waals surface area contributed by atoms with Gasteiger partial charge in [-0.05, 0) is 32.1 Å². The van der Waals surface area contributed by atoms with E-state index in [-0.39, 0.29) is 0 Å². The molecule has 0 spiro atoms. The van der Waals surface area contributed by atoms with Gasteiger partial charge in [0.05, 0.1) is 19.6 Å². The smallest absolute Gasteiger partial charge is 0.297 e. The number of unbranched alkanes of at least 4 members (excludes halogenated alkanes) is 5. The molecule has 24 heavy (non-hydrogen) atoms. The largest absolute Gasteiger partial charge is 0.324 e. The van der Waals surface area contributed by atoms with Crippen LogP contribution in [0.1, 0.15) is 98.8 Å². The van der Waals surface area contributed by atoms with Gasteiger partial charge in [0.25, 0.3) is 5.96 Å². The first-order valence-corrected chi connectivity index (χ1v) is 10.9. The standard InChI is InChI=1S/C21H46N3/c1-6-11-16-22-21(23-17-12-7-2)24(18-13-8-3,19-14-9-4)20-15-10-5/h6-20H2,1-5H3,(H,22,23)/q+1. The molecule has 0 aliphatic carbocycles. The number of hydrogen-bond acceptors (Lipinski definition) is 1. The fourth-order valence-corrected chi connectivity index (χ4v) is 3.13. The van der Waals surface area contributed by atoms with E-state index in [1.54, 1.807) is 0 Å². The maximum Gasteiger partial charge on any atom is 0.297 e. The summed E-state index contributed by atoms with van der Waals surface area (Å²) in [6, 6.07) is 0. The summed E-state index contributed by atoms with van der Waals surface area (Å²) in [5, 5.41) is 3.77. The highest BCUT2D eigenvalue weighted by atomic mass is 15.5. The van der Waals surface area contributed by atoms with Crippen LogP contribution in [-0.4, -0.2) is 43.2 Å². The van der Waals surface area contributed by atoms with E-state index in [1.165, 1.54) is 89.8 Å². The van der Waals surface area contributed by atoms with Crippen molar-refractivity contribution in [2.75, 3.05) is 32.7 Å². The summed E-state index contributed by atoms with van der Waals surface area (Å²) in [6.07, 6.45) is 12.6. The number of nitrogens with zero attached hydrogens (tertiary/aromatic N) is 2. The van der Waals surface area contributed by atoms with Crippen molar-refractivity contribution in [3.8, 4) is 0 Å². The van der Waals surface area contributed by atoms with E-state index in [2.05, 4.69) is 39.9 Å². The summed E-state index contributed by atoms with van der Waals surface area (Å²) in [5.74, 6) is 1.30. The second-order valence-corrected chi connectivity index (χ2v) is 7.22. The highest BCUT2D eigenvalue weighted by Gasteiger charge is 2.32. The Hall–Kier alpha value is -0.570. The van der Waals surface area contributed by atoms with Crippen molar-refractivity contribution in [1.82, 2.24) is 5.32 Å². The van der Waals surface area contributed by atoms with Crippen LogP contribution in [0.2, 0.25) is 0 Å². The Labute approximate surface area is 152 Å². The maximum absolute atomic E-state index is 5.09. The van der Waals surface area contributed by atoms with Crippen molar-refractivity contribution >= 4 is 5.96 Å². The third-order valence-corrected chi connectivity index (χ3v) is 4.86. The molecule has 0 fully saturated rings. The molecule has 0 aromatic carbocycles. The minimum absolute atomic E-state index is 0.981. The van der Waals surface area contributed by atoms with E-state index >= 15 is 0 Å². The fraction of sp³-hybridized carbons (Fsp3) is 0.952. The van der Waals surface area contributed by atoms with Gasteiger partial charge in [-0.2, -0.15) is 0 Å². The van der Waals surface area contributed by atoms with Crippen LogP contribution in [0.15, 0.2) is 4.99 Å². The molecule has 0 atom stereocenters. The molecule has 3 heteroatoms. The molecule has 144 valence electrons. The highest BCUT2D eigenvalue weighted by molar-refractivity contribution is 5.73. The first kappa shape index (κ1) is 23.4. The zero-order chi connectivity index (χ0) is 18.1. The average Bonchev–Trinajstić information content (AvgIpc) is 2.60. The van der Waals surface area contributed by atoms with Gasteiger partial charge >= 0.3 is 0 Å². The van der Waals surface area contributed by atoms with Crippen molar-refractivity contribution < 1.29 is 4.48 Å². The van der Waals surface area contributed by atoms with Crippen LogP contribution in [0.4, 0.5) is 0 Å². The molecule has 0 saturated carbocycles. The van der Waals surface area contributed by atoms with E-state index in [0.29, 0.717) is 0 Å². The van der Waals surface area contributed by atoms with E-state index in [4.69, 9.17) is 4.99 Å². The maximum atomic E-state index is 5.09. The average molecular weight is 341 g/mol. The second kappa shape index (κ2) is 15.9. The summed E-state index contributed by atoms with van der Waals surface area (Å²) >= 11 is 0. The molecule has 0 amide bonds. The van der Waals surface area contributed by atoms with Crippen molar-refractivity contribution in [2.45, 2.75) is 98.8 Å². The Morgan fingerprint density at radius 3 is 1.54 bits per heavy atom. The van der Waals surface area contributed by atoms with E-state index in [9.17, 15) is 0 Å². The number of rotatable bonds is 15. The lowest BCUT2D eigenvalue weighted by Crippen LogP contribution is -2.60. The molecule has 0 aliphatic rings. The third kappa shape index (κ3) is 9.66. The van der Waals surface area contributed by atoms with Crippen LogP contribution in [-0.2, 0) is 0 Å². The Bertz CT molecular complexity index is 278. The van der Waals surface area contributed by atoms with Gasteiger partial charge in [-0.1, -0.05) is 66.7 Å². The Morgan fingerprint density at radius 2 is 1.12 bits per heavy atom.